The van der Waals surface area contributed by atoms with Crippen LogP contribution in [0.25, 0.3) is 0 Å². The molecule has 130 valence electrons. The predicted octanol–water partition coefficient (Wildman–Crippen LogP) is 0.571. The second-order valence-corrected chi connectivity index (χ2v) is 6.48. The molecule has 0 aliphatic carbocycles. The maximum absolute atomic E-state index is 12.1. The van der Waals surface area contributed by atoms with Gasteiger partial charge in [0, 0.05) is 25.9 Å². The highest BCUT2D eigenvalue weighted by molar-refractivity contribution is 5.92. The molecule has 23 heavy (non-hydrogen) atoms. The SMILES string of the molecule is CC(C)COCC(O)CNC(=O)c1ccn(C2CCCNC2)n1. The van der Waals surface area contributed by atoms with Crippen molar-refractivity contribution >= 4 is 5.91 Å². The highest BCUT2D eigenvalue weighted by Gasteiger charge is 2.18. The number of rotatable bonds is 8. The summed E-state index contributed by atoms with van der Waals surface area (Å²) in [6.07, 6.45) is 3.33. The van der Waals surface area contributed by atoms with Crippen LogP contribution in [-0.4, -0.2) is 59.7 Å². The van der Waals surface area contributed by atoms with Crippen LogP contribution in [0.1, 0.15) is 43.2 Å². The molecular weight excluding hydrogens is 296 g/mol. The molecular formula is C16H28N4O3. The van der Waals surface area contributed by atoms with Crippen molar-refractivity contribution in [2.24, 2.45) is 5.92 Å². The number of piperidine rings is 1. The van der Waals surface area contributed by atoms with E-state index in [0.29, 0.717) is 24.3 Å². The third-order valence-electron chi connectivity index (χ3n) is 3.75. The number of nitrogens with zero attached hydrogens (tertiary/aromatic N) is 2. The molecule has 1 amide bonds. The highest BCUT2D eigenvalue weighted by atomic mass is 16.5. The molecule has 3 N–H and O–H groups in total. The van der Waals surface area contributed by atoms with Crippen LogP contribution in [0.5, 0.6) is 0 Å². The van der Waals surface area contributed by atoms with Gasteiger partial charge >= 0.3 is 0 Å². The molecule has 2 unspecified atom stereocenters. The standard InChI is InChI=1S/C16H28N4O3/c1-12(2)10-23-11-14(21)9-18-16(22)15-5-7-20(19-15)13-4-3-6-17-8-13/h5,7,12-14,17,21H,3-4,6,8-11H2,1-2H3,(H,18,22). The quantitative estimate of drug-likeness (QED) is 0.651. The van der Waals surface area contributed by atoms with Crippen LogP contribution in [0.15, 0.2) is 12.3 Å². The van der Waals surface area contributed by atoms with E-state index < -0.39 is 6.10 Å². The van der Waals surface area contributed by atoms with Gasteiger partial charge in [0.25, 0.3) is 5.91 Å². The zero-order chi connectivity index (χ0) is 16.7. The van der Waals surface area contributed by atoms with Gasteiger partial charge in [0.1, 0.15) is 5.69 Å². The van der Waals surface area contributed by atoms with Crippen molar-refractivity contribution in [1.82, 2.24) is 20.4 Å². The summed E-state index contributed by atoms with van der Waals surface area (Å²) in [6.45, 7) is 7.01. The monoisotopic (exact) mass is 324 g/mol. The van der Waals surface area contributed by atoms with Gasteiger partial charge in [-0.05, 0) is 31.4 Å². The number of aliphatic hydroxyl groups excluding tert-OH is 1. The number of hydrogen-bond acceptors (Lipinski definition) is 5. The molecule has 0 aromatic carbocycles. The molecule has 2 atom stereocenters. The van der Waals surface area contributed by atoms with Crippen molar-refractivity contribution in [1.29, 1.82) is 0 Å². The number of aromatic nitrogens is 2. The van der Waals surface area contributed by atoms with Crippen molar-refractivity contribution < 1.29 is 14.6 Å². The molecule has 1 saturated heterocycles. The van der Waals surface area contributed by atoms with Crippen molar-refractivity contribution in [2.45, 2.75) is 38.8 Å². The first kappa shape index (κ1) is 17.9. The Labute approximate surface area is 137 Å². The van der Waals surface area contributed by atoms with Gasteiger partial charge in [-0.2, -0.15) is 5.10 Å². The Bertz CT molecular complexity index is 483. The number of hydrogen-bond donors (Lipinski definition) is 3. The van der Waals surface area contributed by atoms with Gasteiger partial charge in [0.15, 0.2) is 0 Å². The number of aliphatic hydroxyl groups is 1. The van der Waals surface area contributed by atoms with Gasteiger partial charge in [-0.1, -0.05) is 13.8 Å². The molecule has 2 rings (SSSR count). The van der Waals surface area contributed by atoms with Crippen LogP contribution < -0.4 is 10.6 Å². The molecule has 7 heteroatoms. The predicted molar refractivity (Wildman–Crippen MR) is 87.4 cm³/mol. The van der Waals surface area contributed by atoms with Crippen LogP contribution in [0.3, 0.4) is 0 Å². The summed E-state index contributed by atoms with van der Waals surface area (Å²) in [5, 5.41) is 20.2. The first-order chi connectivity index (χ1) is 11.1. The minimum Gasteiger partial charge on any atom is -0.389 e. The normalized spacial score (nSPS) is 19.7. The molecule has 0 bridgehead atoms. The lowest BCUT2D eigenvalue weighted by atomic mass is 10.1. The number of nitrogens with one attached hydrogen (secondary N) is 2. The van der Waals surface area contributed by atoms with Crippen LogP contribution in [0, 0.1) is 5.92 Å². The minimum atomic E-state index is -0.706. The average Bonchev–Trinajstić information content (AvgIpc) is 3.03. The van der Waals surface area contributed by atoms with Crippen LogP contribution in [0.4, 0.5) is 0 Å². The Balaban J connectivity index is 1.74. The molecule has 1 aromatic heterocycles. The molecule has 0 radical (unpaired) electrons. The molecule has 1 fully saturated rings. The molecule has 0 spiro atoms. The lowest BCUT2D eigenvalue weighted by Gasteiger charge is -2.22. The Hall–Kier alpha value is -1.44. The van der Waals surface area contributed by atoms with Gasteiger partial charge in [0.05, 0.1) is 18.8 Å². The third-order valence-corrected chi connectivity index (χ3v) is 3.75. The summed E-state index contributed by atoms with van der Waals surface area (Å²) in [4.78, 5) is 12.1. The number of ether oxygens (including phenoxy) is 1. The van der Waals surface area contributed by atoms with E-state index in [1.807, 2.05) is 24.7 Å². The fourth-order valence-corrected chi connectivity index (χ4v) is 2.52. The Morgan fingerprint density at radius 2 is 2.39 bits per heavy atom. The maximum Gasteiger partial charge on any atom is 0.271 e. The van der Waals surface area contributed by atoms with Crippen LogP contribution in [-0.2, 0) is 4.74 Å². The lowest BCUT2D eigenvalue weighted by molar-refractivity contribution is 0.0259. The molecule has 1 aliphatic heterocycles. The summed E-state index contributed by atoms with van der Waals surface area (Å²) < 4.78 is 7.20. The van der Waals surface area contributed by atoms with E-state index >= 15 is 0 Å². The van der Waals surface area contributed by atoms with Crippen molar-refractivity contribution in [3.05, 3.63) is 18.0 Å². The molecule has 1 aromatic rings. The van der Waals surface area contributed by atoms with Gasteiger partial charge < -0.3 is 20.5 Å². The smallest absolute Gasteiger partial charge is 0.271 e. The second-order valence-electron chi connectivity index (χ2n) is 6.48. The first-order valence-electron chi connectivity index (χ1n) is 8.36. The fraction of sp³-hybridized carbons (Fsp3) is 0.750. The number of amides is 1. The molecule has 2 heterocycles. The van der Waals surface area contributed by atoms with Crippen molar-refractivity contribution in [2.75, 3.05) is 32.8 Å². The summed E-state index contributed by atoms with van der Waals surface area (Å²) in [5.41, 5.74) is 0.380. The summed E-state index contributed by atoms with van der Waals surface area (Å²) in [5.74, 6) is 0.158. The van der Waals surface area contributed by atoms with E-state index in [1.165, 1.54) is 0 Å². The summed E-state index contributed by atoms with van der Waals surface area (Å²) in [6, 6.07) is 2.02. The van der Waals surface area contributed by atoms with Crippen molar-refractivity contribution in [3.8, 4) is 0 Å². The van der Waals surface area contributed by atoms with E-state index in [4.69, 9.17) is 4.74 Å². The first-order valence-corrected chi connectivity index (χ1v) is 8.36. The zero-order valence-electron chi connectivity index (χ0n) is 14.0. The van der Waals surface area contributed by atoms with Crippen molar-refractivity contribution in [3.63, 3.8) is 0 Å². The summed E-state index contributed by atoms with van der Waals surface area (Å²) >= 11 is 0. The van der Waals surface area contributed by atoms with Gasteiger partial charge in [-0.25, -0.2) is 0 Å². The van der Waals surface area contributed by atoms with E-state index in [9.17, 15) is 9.90 Å². The highest BCUT2D eigenvalue weighted by Crippen LogP contribution is 2.15. The second kappa shape index (κ2) is 9.00. The van der Waals surface area contributed by atoms with E-state index in [-0.39, 0.29) is 19.1 Å². The lowest BCUT2D eigenvalue weighted by Crippen LogP contribution is -2.35. The zero-order valence-corrected chi connectivity index (χ0v) is 14.0. The number of carbonyl (C=O) groups excluding carboxylic acids is 1. The number of carbonyl (C=O) groups is 1. The van der Waals surface area contributed by atoms with E-state index in [2.05, 4.69) is 15.7 Å². The minimum absolute atomic E-state index is 0.161. The summed E-state index contributed by atoms with van der Waals surface area (Å²) in [7, 11) is 0. The largest absolute Gasteiger partial charge is 0.389 e. The van der Waals surface area contributed by atoms with Gasteiger partial charge in [0.2, 0.25) is 0 Å². The fourth-order valence-electron chi connectivity index (χ4n) is 2.52. The van der Waals surface area contributed by atoms with Crippen LogP contribution >= 0.6 is 0 Å². The third kappa shape index (κ3) is 5.93. The molecule has 7 nitrogen and oxygen atoms in total. The molecule has 1 aliphatic rings. The Kier molecular flexibility index (Phi) is 7.01. The van der Waals surface area contributed by atoms with Crippen LogP contribution in [0.2, 0.25) is 0 Å². The van der Waals surface area contributed by atoms with Gasteiger partial charge in [-0.3, -0.25) is 9.48 Å². The Morgan fingerprint density at radius 1 is 1.57 bits per heavy atom. The maximum atomic E-state index is 12.1. The van der Waals surface area contributed by atoms with E-state index in [1.54, 1.807) is 6.07 Å². The van der Waals surface area contributed by atoms with E-state index in [0.717, 1.165) is 25.9 Å². The Morgan fingerprint density at radius 3 is 3.09 bits per heavy atom. The average molecular weight is 324 g/mol. The van der Waals surface area contributed by atoms with Gasteiger partial charge in [-0.15, -0.1) is 0 Å². The molecule has 0 saturated carbocycles. The topological polar surface area (TPSA) is 88.4 Å².